The maximum absolute atomic E-state index is 6.13. The minimum atomic E-state index is 0.337. The number of halogens is 2. The quantitative estimate of drug-likeness (QED) is 0.742. The molecule has 1 heterocycles. The van der Waals surface area contributed by atoms with Crippen molar-refractivity contribution in [2.24, 2.45) is 0 Å². The van der Waals surface area contributed by atoms with Crippen molar-refractivity contribution in [3.8, 4) is 0 Å². The summed E-state index contributed by atoms with van der Waals surface area (Å²) in [6.45, 7) is 2.13. The van der Waals surface area contributed by atoms with E-state index in [-0.39, 0.29) is 0 Å². The van der Waals surface area contributed by atoms with Crippen molar-refractivity contribution in [2.45, 2.75) is 19.3 Å². The van der Waals surface area contributed by atoms with Crippen LogP contribution in [-0.2, 0) is 6.42 Å². The molecule has 0 saturated heterocycles. The number of rotatable bonds is 4. The van der Waals surface area contributed by atoms with Crippen LogP contribution >= 0.6 is 27.5 Å². The van der Waals surface area contributed by atoms with E-state index in [9.17, 15) is 0 Å². The van der Waals surface area contributed by atoms with Crippen LogP contribution in [-0.4, -0.2) is 10.9 Å². The van der Waals surface area contributed by atoms with E-state index in [1.165, 1.54) is 16.7 Å². The predicted molar refractivity (Wildman–Crippen MR) is 80.3 cm³/mol. The van der Waals surface area contributed by atoms with Gasteiger partial charge in [0, 0.05) is 28.7 Å². The number of hydrogen-bond acceptors (Lipinski definition) is 1. The molecule has 18 heavy (non-hydrogen) atoms. The topological polar surface area (TPSA) is 12.9 Å². The summed E-state index contributed by atoms with van der Waals surface area (Å²) in [5.41, 5.74) is 3.83. The fraction of sp³-hybridized carbons (Fsp3) is 0.267. The van der Waals surface area contributed by atoms with Crippen LogP contribution in [0.5, 0.6) is 0 Å². The van der Waals surface area contributed by atoms with Crippen LogP contribution in [0.1, 0.15) is 22.6 Å². The molecule has 0 aliphatic rings. The van der Waals surface area contributed by atoms with Gasteiger partial charge in [-0.1, -0.05) is 24.3 Å². The van der Waals surface area contributed by atoms with Crippen LogP contribution in [0.15, 0.2) is 47.2 Å². The number of nitrogens with zero attached hydrogens (tertiary/aromatic N) is 1. The zero-order chi connectivity index (χ0) is 13.0. The van der Waals surface area contributed by atoms with Gasteiger partial charge in [-0.15, -0.1) is 11.6 Å². The van der Waals surface area contributed by atoms with Crippen LogP contribution in [0.25, 0.3) is 0 Å². The summed E-state index contributed by atoms with van der Waals surface area (Å²) in [5.74, 6) is 0.959. The molecular formula is C15H15BrClN. The largest absolute Gasteiger partial charge is 0.263 e. The molecule has 94 valence electrons. The Morgan fingerprint density at radius 3 is 2.72 bits per heavy atom. The summed E-state index contributed by atoms with van der Waals surface area (Å²) in [7, 11) is 0. The Kier molecular flexibility index (Phi) is 4.79. The van der Waals surface area contributed by atoms with E-state index >= 15 is 0 Å². The monoisotopic (exact) mass is 323 g/mol. The molecule has 1 unspecified atom stereocenters. The standard InChI is InChI=1S/C15H15BrClN/c1-11-4-2-3-5-15(11)13(8-17)6-12-7-14(16)10-18-9-12/h2-5,7,9-10,13H,6,8H2,1H3. The van der Waals surface area contributed by atoms with Gasteiger partial charge in [0.05, 0.1) is 0 Å². The van der Waals surface area contributed by atoms with Gasteiger partial charge in [0.2, 0.25) is 0 Å². The molecule has 0 spiro atoms. The van der Waals surface area contributed by atoms with Crippen molar-refractivity contribution in [1.82, 2.24) is 4.98 Å². The Balaban J connectivity index is 2.23. The van der Waals surface area contributed by atoms with E-state index < -0.39 is 0 Å². The lowest BCUT2D eigenvalue weighted by Gasteiger charge is -2.16. The molecule has 1 atom stereocenters. The van der Waals surface area contributed by atoms with Gasteiger partial charge in [-0.3, -0.25) is 4.98 Å². The highest BCUT2D eigenvalue weighted by atomic mass is 79.9. The van der Waals surface area contributed by atoms with E-state index in [2.05, 4.69) is 58.2 Å². The fourth-order valence-corrected chi connectivity index (χ4v) is 2.83. The number of benzene rings is 1. The van der Waals surface area contributed by atoms with E-state index in [0.717, 1.165) is 10.9 Å². The first-order valence-electron chi connectivity index (χ1n) is 5.91. The van der Waals surface area contributed by atoms with Crippen molar-refractivity contribution in [1.29, 1.82) is 0 Å². The number of hydrogen-bond donors (Lipinski definition) is 0. The maximum atomic E-state index is 6.13. The lowest BCUT2D eigenvalue weighted by Crippen LogP contribution is -2.06. The van der Waals surface area contributed by atoms with E-state index in [0.29, 0.717) is 11.8 Å². The summed E-state index contributed by atoms with van der Waals surface area (Å²) in [4.78, 5) is 4.20. The van der Waals surface area contributed by atoms with Gasteiger partial charge in [-0.25, -0.2) is 0 Å². The first-order chi connectivity index (χ1) is 8.70. The molecule has 0 aliphatic carbocycles. The minimum Gasteiger partial charge on any atom is -0.263 e. The van der Waals surface area contributed by atoms with Gasteiger partial charge < -0.3 is 0 Å². The van der Waals surface area contributed by atoms with Crippen LogP contribution < -0.4 is 0 Å². The van der Waals surface area contributed by atoms with Crippen molar-refractivity contribution in [3.63, 3.8) is 0 Å². The lowest BCUT2D eigenvalue weighted by molar-refractivity contribution is 0.757. The molecule has 0 bridgehead atoms. The molecule has 2 aromatic rings. The van der Waals surface area contributed by atoms with Crippen molar-refractivity contribution >= 4 is 27.5 Å². The molecule has 2 rings (SSSR count). The van der Waals surface area contributed by atoms with E-state index in [1.807, 2.05) is 6.20 Å². The van der Waals surface area contributed by atoms with Crippen molar-refractivity contribution in [3.05, 3.63) is 63.9 Å². The van der Waals surface area contributed by atoms with Gasteiger partial charge >= 0.3 is 0 Å². The number of aromatic nitrogens is 1. The lowest BCUT2D eigenvalue weighted by atomic mass is 9.91. The smallest absolute Gasteiger partial charge is 0.0410 e. The Hall–Kier alpha value is -0.860. The third-order valence-electron chi connectivity index (χ3n) is 3.06. The van der Waals surface area contributed by atoms with Crippen LogP contribution in [0, 0.1) is 6.92 Å². The molecule has 0 fully saturated rings. The van der Waals surface area contributed by atoms with Gasteiger partial charge in [0.15, 0.2) is 0 Å². The van der Waals surface area contributed by atoms with E-state index in [4.69, 9.17) is 11.6 Å². The zero-order valence-corrected chi connectivity index (χ0v) is 12.6. The molecule has 3 heteroatoms. The molecule has 0 radical (unpaired) electrons. The predicted octanol–water partition coefficient (Wildman–Crippen LogP) is 4.72. The first-order valence-corrected chi connectivity index (χ1v) is 7.24. The number of alkyl halides is 1. The summed E-state index contributed by atoms with van der Waals surface area (Å²) in [6, 6.07) is 10.5. The molecule has 0 saturated carbocycles. The second-order valence-electron chi connectivity index (χ2n) is 4.42. The molecule has 1 aromatic heterocycles. The van der Waals surface area contributed by atoms with Crippen LogP contribution in [0.4, 0.5) is 0 Å². The molecule has 0 amide bonds. The molecule has 1 nitrogen and oxygen atoms in total. The van der Waals surface area contributed by atoms with Crippen LogP contribution in [0.2, 0.25) is 0 Å². The highest BCUT2D eigenvalue weighted by Gasteiger charge is 2.13. The highest BCUT2D eigenvalue weighted by Crippen LogP contribution is 2.25. The Morgan fingerprint density at radius 1 is 1.28 bits per heavy atom. The minimum absolute atomic E-state index is 0.337. The number of aryl methyl sites for hydroxylation is 1. The van der Waals surface area contributed by atoms with Gasteiger partial charge in [0.25, 0.3) is 0 Å². The molecule has 0 aliphatic heterocycles. The van der Waals surface area contributed by atoms with Gasteiger partial charge in [-0.2, -0.15) is 0 Å². The molecule has 1 aromatic carbocycles. The van der Waals surface area contributed by atoms with Gasteiger partial charge in [0.1, 0.15) is 0 Å². The zero-order valence-electron chi connectivity index (χ0n) is 10.2. The molecular weight excluding hydrogens is 310 g/mol. The number of pyridine rings is 1. The average Bonchev–Trinajstić information content (AvgIpc) is 2.37. The average molecular weight is 325 g/mol. The SMILES string of the molecule is Cc1ccccc1C(CCl)Cc1cncc(Br)c1. The third-order valence-corrected chi connectivity index (χ3v) is 3.86. The van der Waals surface area contributed by atoms with Crippen molar-refractivity contribution < 1.29 is 0 Å². The molecule has 0 N–H and O–H groups in total. The Bertz CT molecular complexity index is 527. The fourth-order valence-electron chi connectivity index (χ4n) is 2.14. The second kappa shape index (κ2) is 6.35. The highest BCUT2D eigenvalue weighted by molar-refractivity contribution is 9.10. The summed E-state index contributed by atoms with van der Waals surface area (Å²) >= 11 is 9.58. The first kappa shape index (κ1) is 13.6. The van der Waals surface area contributed by atoms with Crippen molar-refractivity contribution in [2.75, 3.05) is 5.88 Å². The Labute approximate surface area is 121 Å². The third kappa shape index (κ3) is 3.33. The second-order valence-corrected chi connectivity index (χ2v) is 5.65. The summed E-state index contributed by atoms with van der Waals surface area (Å²) < 4.78 is 1.01. The maximum Gasteiger partial charge on any atom is 0.0410 e. The van der Waals surface area contributed by atoms with Gasteiger partial charge in [-0.05, 0) is 52.0 Å². The normalized spacial score (nSPS) is 12.4. The summed E-state index contributed by atoms with van der Waals surface area (Å²) in [5, 5.41) is 0. The van der Waals surface area contributed by atoms with E-state index in [1.54, 1.807) is 6.20 Å². The Morgan fingerprint density at radius 2 is 2.06 bits per heavy atom. The van der Waals surface area contributed by atoms with Crippen LogP contribution in [0.3, 0.4) is 0 Å². The summed E-state index contributed by atoms with van der Waals surface area (Å²) in [6.07, 6.45) is 4.62.